The van der Waals surface area contributed by atoms with Crippen molar-refractivity contribution in [1.29, 1.82) is 0 Å². The molecule has 90 heavy (non-hydrogen) atoms. The van der Waals surface area contributed by atoms with Crippen LogP contribution in [0.1, 0.15) is 105 Å². The Morgan fingerprint density at radius 1 is 0.178 bits per heavy atom. The van der Waals surface area contributed by atoms with E-state index in [-0.39, 0.29) is 21.7 Å². The minimum absolute atomic E-state index is 0.0959. The van der Waals surface area contributed by atoms with Gasteiger partial charge in [0, 0.05) is 0 Å². The first-order valence-electron chi connectivity index (χ1n) is 32.6. The normalized spacial score (nSPS) is 13.1. The first-order chi connectivity index (χ1) is 43.2. The maximum atomic E-state index is 2.55. The maximum Gasteiger partial charge on any atom is -0.000718 e. The van der Waals surface area contributed by atoms with E-state index < -0.39 is 0 Å². The van der Waals surface area contributed by atoms with Crippen LogP contribution in [0.2, 0.25) is 0 Å². The number of rotatable bonds is 4. The van der Waals surface area contributed by atoms with Crippen LogP contribution in [0, 0.1) is 0 Å². The van der Waals surface area contributed by atoms with Gasteiger partial charge in [0.1, 0.15) is 0 Å². The summed E-state index contributed by atoms with van der Waals surface area (Å²) in [5.41, 5.74) is 25.8. The van der Waals surface area contributed by atoms with E-state index in [1.165, 1.54) is 197 Å². The molecule has 17 rings (SSSR count). The third-order valence-electron chi connectivity index (χ3n) is 20.6. The molecule has 15 aromatic carbocycles. The highest BCUT2D eigenvalue weighted by Gasteiger charge is 2.39. The monoisotopic (exact) mass is 1150 g/mol. The van der Waals surface area contributed by atoms with Gasteiger partial charge in [-0.1, -0.05) is 289 Å². The largest absolute Gasteiger partial charge is 0.0616 e. The summed E-state index contributed by atoms with van der Waals surface area (Å²) in [5.74, 6) is 0. The standard InChI is InChI=1S/C90H74/c1-87(2,3)57-41-55(42-58(49-57)88(4,5)6)77-75-45-51-25-13-14-26-52(51)46-76(75)78(56-43-59(89(7,8)9)50-60(44-56)90(10,11)12)84-70-38-40-72-82-71(39-37-69(81(70)82)83(77)84)85-79(73-47-53-27-15-17-29-61(53)63-31-19-21-33-65(63)73)67-35-23-24-36-68(67)80(86(72)85)74-48-54-28-16-18-30-62(54)64-32-20-22-34-66(64)74/h13-50H,1-12H3. The zero-order valence-electron chi connectivity index (χ0n) is 53.9. The molecule has 0 N–H and O–H groups in total. The van der Waals surface area contributed by atoms with Crippen molar-refractivity contribution < 1.29 is 0 Å². The lowest BCUT2D eigenvalue weighted by atomic mass is 9.75. The third kappa shape index (κ3) is 7.99. The van der Waals surface area contributed by atoms with Gasteiger partial charge in [0.25, 0.3) is 0 Å². The van der Waals surface area contributed by atoms with Crippen molar-refractivity contribution in [2.24, 2.45) is 0 Å². The predicted molar refractivity (Wildman–Crippen MR) is 392 cm³/mol. The summed E-state index contributed by atoms with van der Waals surface area (Å²) in [6.07, 6.45) is 0. The minimum Gasteiger partial charge on any atom is -0.0616 e. The smallest absolute Gasteiger partial charge is 0.000718 e. The molecule has 0 aliphatic heterocycles. The number of hydrogen-bond acceptors (Lipinski definition) is 0. The van der Waals surface area contributed by atoms with Crippen molar-refractivity contribution in [3.63, 3.8) is 0 Å². The van der Waals surface area contributed by atoms with Gasteiger partial charge in [-0.3, -0.25) is 0 Å². The molecule has 434 valence electrons. The second-order valence-electron chi connectivity index (χ2n) is 30.3. The molecule has 0 radical (unpaired) electrons. The second kappa shape index (κ2) is 19.0. The molecule has 0 aromatic heterocycles. The van der Waals surface area contributed by atoms with Gasteiger partial charge in [-0.2, -0.15) is 0 Å². The van der Waals surface area contributed by atoms with Gasteiger partial charge in [0.15, 0.2) is 0 Å². The first kappa shape index (κ1) is 54.5. The quantitative estimate of drug-likeness (QED) is 0.122. The topological polar surface area (TPSA) is 0 Å². The van der Waals surface area contributed by atoms with Crippen molar-refractivity contribution in [2.45, 2.75) is 105 Å². The van der Waals surface area contributed by atoms with Crippen LogP contribution in [0.5, 0.6) is 0 Å². The Hall–Kier alpha value is -9.62. The molecule has 2 aliphatic carbocycles. The van der Waals surface area contributed by atoms with Crippen LogP contribution < -0.4 is 0 Å². The zero-order chi connectivity index (χ0) is 61.7. The van der Waals surface area contributed by atoms with Gasteiger partial charge < -0.3 is 0 Å². The maximum absolute atomic E-state index is 2.55. The Labute approximate surface area is 529 Å². The highest BCUT2D eigenvalue weighted by atomic mass is 14.4. The van der Waals surface area contributed by atoms with Crippen molar-refractivity contribution in [3.8, 4) is 89.0 Å². The Bertz CT molecular complexity index is 5260. The lowest BCUT2D eigenvalue weighted by Crippen LogP contribution is -2.17. The van der Waals surface area contributed by atoms with Crippen molar-refractivity contribution in [2.75, 3.05) is 0 Å². The highest BCUT2D eigenvalue weighted by Crippen LogP contribution is 2.66. The van der Waals surface area contributed by atoms with Crippen molar-refractivity contribution in [3.05, 3.63) is 253 Å². The molecular weight excluding hydrogens is 1080 g/mol. The van der Waals surface area contributed by atoms with Crippen molar-refractivity contribution >= 4 is 86.2 Å². The summed E-state index contributed by atoms with van der Waals surface area (Å²) in [4.78, 5) is 0. The molecule has 0 saturated heterocycles. The van der Waals surface area contributed by atoms with E-state index in [4.69, 9.17) is 0 Å². The molecule has 0 fully saturated rings. The average molecular weight is 1160 g/mol. The number of benzene rings is 15. The summed E-state index contributed by atoms with van der Waals surface area (Å²) in [6, 6.07) is 90.2. The number of fused-ring (bicyclic) bond motifs is 15. The fourth-order valence-corrected chi connectivity index (χ4v) is 16.0. The lowest BCUT2D eigenvalue weighted by molar-refractivity contribution is 0.568. The van der Waals surface area contributed by atoms with E-state index in [1.54, 1.807) is 0 Å². The molecule has 0 spiro atoms. The van der Waals surface area contributed by atoms with Crippen LogP contribution >= 0.6 is 0 Å². The highest BCUT2D eigenvalue weighted by molar-refractivity contribution is 6.37. The Kier molecular flexibility index (Phi) is 11.5. The summed E-state index contributed by atoms with van der Waals surface area (Å²) in [7, 11) is 0. The number of hydrogen-bond donors (Lipinski definition) is 0. The van der Waals surface area contributed by atoms with Crippen LogP contribution in [0.15, 0.2) is 231 Å². The summed E-state index contributed by atoms with van der Waals surface area (Å²) in [6.45, 7) is 28.6. The molecule has 0 bridgehead atoms. The molecule has 0 heteroatoms. The molecule has 0 saturated carbocycles. The van der Waals surface area contributed by atoms with Gasteiger partial charge in [0.05, 0.1) is 0 Å². The minimum atomic E-state index is -0.0959. The molecular formula is C90H74. The molecule has 0 heterocycles. The van der Waals surface area contributed by atoms with Crippen LogP contribution in [0.4, 0.5) is 0 Å². The molecule has 0 nitrogen and oxygen atoms in total. The zero-order valence-corrected chi connectivity index (χ0v) is 53.9. The summed E-state index contributed by atoms with van der Waals surface area (Å²) in [5, 5.41) is 20.4. The Balaban J connectivity index is 1.08. The van der Waals surface area contributed by atoms with E-state index in [1.807, 2.05) is 0 Å². The van der Waals surface area contributed by atoms with Crippen LogP contribution in [0.25, 0.3) is 175 Å². The SMILES string of the molecule is CC(C)(C)c1cc(-c2c3c(c(-c4cc(C(C)(C)C)cc(C(C)(C)C)c4)c4cc5ccccc5cc24)-c2ccc4c5c(ccc-3c25)-c2c-4c(-c3cc4ccccc4c4ccccc34)c3ccccc3c2-c2cc3ccccc3c3ccccc23)cc(C(C)(C)C)c1. The van der Waals surface area contributed by atoms with Gasteiger partial charge in [0.2, 0.25) is 0 Å². The molecule has 15 aromatic rings. The summed E-state index contributed by atoms with van der Waals surface area (Å²) < 4.78 is 0. The Morgan fingerprint density at radius 3 is 0.767 bits per heavy atom. The van der Waals surface area contributed by atoms with Crippen LogP contribution in [-0.2, 0) is 21.7 Å². The Morgan fingerprint density at radius 2 is 0.444 bits per heavy atom. The lowest BCUT2D eigenvalue weighted by Gasteiger charge is -2.29. The van der Waals surface area contributed by atoms with E-state index in [2.05, 4.69) is 314 Å². The molecule has 0 amide bonds. The molecule has 2 aliphatic rings. The van der Waals surface area contributed by atoms with Gasteiger partial charge in [-0.05, 0) is 243 Å². The van der Waals surface area contributed by atoms with E-state index >= 15 is 0 Å². The van der Waals surface area contributed by atoms with E-state index in [9.17, 15) is 0 Å². The fourth-order valence-electron chi connectivity index (χ4n) is 16.0. The fraction of sp³-hybridized carbons (Fsp3) is 0.178. The second-order valence-corrected chi connectivity index (χ2v) is 30.3. The van der Waals surface area contributed by atoms with Gasteiger partial charge >= 0.3 is 0 Å². The molecule has 0 unspecified atom stereocenters. The van der Waals surface area contributed by atoms with E-state index in [0.717, 1.165) is 0 Å². The predicted octanol–water partition coefficient (Wildman–Crippen LogP) is 26.1. The van der Waals surface area contributed by atoms with Gasteiger partial charge in [-0.15, -0.1) is 0 Å². The average Bonchev–Trinajstić information content (AvgIpc) is 1.49. The van der Waals surface area contributed by atoms with Crippen LogP contribution in [0.3, 0.4) is 0 Å². The summed E-state index contributed by atoms with van der Waals surface area (Å²) >= 11 is 0. The van der Waals surface area contributed by atoms with Gasteiger partial charge in [-0.25, -0.2) is 0 Å². The third-order valence-corrected chi connectivity index (χ3v) is 20.6. The first-order valence-corrected chi connectivity index (χ1v) is 32.6. The van der Waals surface area contributed by atoms with Crippen LogP contribution in [-0.4, -0.2) is 0 Å². The van der Waals surface area contributed by atoms with E-state index in [0.29, 0.717) is 0 Å². The molecule has 0 atom stereocenters. The van der Waals surface area contributed by atoms with Crippen molar-refractivity contribution in [1.82, 2.24) is 0 Å².